The van der Waals surface area contributed by atoms with Gasteiger partial charge >= 0.3 is 0 Å². The van der Waals surface area contributed by atoms with Gasteiger partial charge in [-0.3, -0.25) is 0 Å². The van der Waals surface area contributed by atoms with Crippen LogP contribution in [0.5, 0.6) is 0 Å². The zero-order chi connectivity index (χ0) is 10.8. The smallest absolute Gasteiger partial charge is 0.204 e. The van der Waals surface area contributed by atoms with Crippen LogP contribution >= 0.6 is 22.6 Å². The van der Waals surface area contributed by atoms with E-state index in [1.54, 1.807) is 19.1 Å². The summed E-state index contributed by atoms with van der Waals surface area (Å²) in [5.74, 6) is 0.534. The lowest BCUT2D eigenvalue weighted by molar-refractivity contribution is 0.620. The Labute approximate surface area is 99.1 Å². The summed E-state index contributed by atoms with van der Waals surface area (Å²) < 4.78 is 13.7. The maximum Gasteiger partial charge on any atom is 0.204 e. The number of hydrogen-bond donors (Lipinski definition) is 0. The predicted molar refractivity (Wildman–Crippen MR) is 60.5 cm³/mol. The molecule has 4 nitrogen and oxygen atoms in total. The minimum Gasteiger partial charge on any atom is -0.206 e. The molecule has 0 aliphatic rings. The Morgan fingerprint density at radius 2 is 1.80 bits per heavy atom. The third-order valence-electron chi connectivity index (χ3n) is 1.77. The fourth-order valence-corrected chi connectivity index (χ4v) is 1.66. The van der Waals surface area contributed by atoms with Crippen LogP contribution < -0.4 is 0 Å². The van der Waals surface area contributed by atoms with Crippen LogP contribution in [0.1, 0.15) is 5.82 Å². The fourth-order valence-electron chi connectivity index (χ4n) is 1.06. The van der Waals surface area contributed by atoms with Gasteiger partial charge < -0.3 is 0 Å². The monoisotopic (exact) mass is 316 g/mol. The molecule has 6 heteroatoms. The Bertz CT molecular complexity index is 486. The SMILES string of the molecule is Cc1nnc(-c2cccc(F)c2I)nn1. The zero-order valence-electron chi connectivity index (χ0n) is 7.78. The maximum absolute atomic E-state index is 13.2. The molecule has 0 atom stereocenters. The van der Waals surface area contributed by atoms with Crippen LogP contribution in [0.3, 0.4) is 0 Å². The van der Waals surface area contributed by atoms with Crippen LogP contribution in [0.2, 0.25) is 0 Å². The Morgan fingerprint density at radius 1 is 1.13 bits per heavy atom. The van der Waals surface area contributed by atoms with E-state index in [2.05, 4.69) is 20.4 Å². The number of halogens is 2. The molecule has 0 N–H and O–H groups in total. The van der Waals surface area contributed by atoms with Gasteiger partial charge in [-0.15, -0.1) is 20.4 Å². The average molecular weight is 316 g/mol. The minimum atomic E-state index is -0.294. The number of aromatic nitrogens is 4. The van der Waals surface area contributed by atoms with Gasteiger partial charge in [-0.1, -0.05) is 6.07 Å². The second kappa shape index (κ2) is 4.13. The number of benzene rings is 1. The third-order valence-corrected chi connectivity index (χ3v) is 2.87. The highest BCUT2D eigenvalue weighted by Gasteiger charge is 2.10. The van der Waals surface area contributed by atoms with Gasteiger partial charge in [0.1, 0.15) is 5.82 Å². The van der Waals surface area contributed by atoms with E-state index in [1.807, 2.05) is 22.6 Å². The molecule has 0 unspecified atom stereocenters. The van der Waals surface area contributed by atoms with Gasteiger partial charge in [0.05, 0.1) is 3.57 Å². The average Bonchev–Trinajstić information content (AvgIpc) is 2.24. The first-order valence-corrected chi connectivity index (χ1v) is 5.25. The van der Waals surface area contributed by atoms with Crippen molar-refractivity contribution >= 4 is 22.6 Å². The van der Waals surface area contributed by atoms with Gasteiger partial charge in [0.15, 0.2) is 5.82 Å². The van der Waals surface area contributed by atoms with Crippen LogP contribution in [-0.4, -0.2) is 20.4 Å². The Balaban J connectivity index is 2.54. The molecule has 2 aromatic rings. The molecule has 76 valence electrons. The topological polar surface area (TPSA) is 51.6 Å². The molecule has 0 bridgehead atoms. The molecular weight excluding hydrogens is 310 g/mol. The van der Waals surface area contributed by atoms with E-state index in [0.717, 1.165) is 0 Å². The molecule has 0 fully saturated rings. The molecule has 0 saturated carbocycles. The summed E-state index contributed by atoms with van der Waals surface area (Å²) in [5.41, 5.74) is 0.607. The van der Waals surface area contributed by atoms with Crippen molar-refractivity contribution in [1.82, 2.24) is 20.4 Å². The minimum absolute atomic E-state index is 0.294. The largest absolute Gasteiger partial charge is 0.206 e. The lowest BCUT2D eigenvalue weighted by Gasteiger charge is -2.01. The Kier molecular flexibility index (Phi) is 2.85. The molecular formula is C9H6FIN4. The third kappa shape index (κ3) is 2.09. The van der Waals surface area contributed by atoms with Crippen LogP contribution in [0.25, 0.3) is 11.4 Å². The maximum atomic E-state index is 13.2. The highest BCUT2D eigenvalue weighted by molar-refractivity contribution is 14.1. The van der Waals surface area contributed by atoms with Gasteiger partial charge in [0.25, 0.3) is 0 Å². The van der Waals surface area contributed by atoms with E-state index in [-0.39, 0.29) is 5.82 Å². The number of aryl methyl sites for hydroxylation is 1. The Morgan fingerprint density at radius 3 is 2.47 bits per heavy atom. The van der Waals surface area contributed by atoms with Crippen molar-refractivity contribution in [2.45, 2.75) is 6.92 Å². The first-order valence-electron chi connectivity index (χ1n) is 4.17. The quantitative estimate of drug-likeness (QED) is 0.755. The molecule has 1 aromatic carbocycles. The van der Waals surface area contributed by atoms with E-state index < -0.39 is 0 Å². The van der Waals surface area contributed by atoms with Crippen molar-refractivity contribution in [1.29, 1.82) is 0 Å². The molecule has 0 radical (unpaired) electrons. The van der Waals surface area contributed by atoms with Crippen LogP contribution in [0, 0.1) is 16.3 Å². The first kappa shape index (κ1) is 10.3. The van der Waals surface area contributed by atoms with Crippen molar-refractivity contribution in [3.63, 3.8) is 0 Å². The van der Waals surface area contributed by atoms with E-state index in [0.29, 0.717) is 20.8 Å². The molecule has 0 amide bonds. The molecule has 1 aromatic heterocycles. The molecule has 2 rings (SSSR count). The van der Waals surface area contributed by atoms with Crippen LogP contribution in [-0.2, 0) is 0 Å². The Hall–Kier alpha value is -1.18. The first-order chi connectivity index (χ1) is 7.18. The molecule has 0 spiro atoms. The summed E-state index contributed by atoms with van der Waals surface area (Å²) in [6, 6.07) is 4.73. The number of rotatable bonds is 1. The molecule has 0 aliphatic heterocycles. The number of hydrogen-bond acceptors (Lipinski definition) is 4. The van der Waals surface area contributed by atoms with Gasteiger partial charge in [0.2, 0.25) is 5.82 Å². The van der Waals surface area contributed by atoms with Crippen molar-refractivity contribution in [3.8, 4) is 11.4 Å². The standard InChI is InChI=1S/C9H6FIN4/c1-5-12-14-9(15-13-5)6-3-2-4-7(10)8(6)11/h2-4H,1H3. The second-order valence-corrected chi connectivity index (χ2v) is 3.95. The molecule has 0 saturated heterocycles. The summed E-state index contributed by atoms with van der Waals surface area (Å²) >= 11 is 1.91. The van der Waals surface area contributed by atoms with Gasteiger partial charge in [-0.2, -0.15) is 0 Å². The van der Waals surface area contributed by atoms with E-state index in [4.69, 9.17) is 0 Å². The normalized spacial score (nSPS) is 10.3. The van der Waals surface area contributed by atoms with Crippen LogP contribution in [0.4, 0.5) is 4.39 Å². The second-order valence-electron chi connectivity index (χ2n) is 2.87. The summed E-state index contributed by atoms with van der Waals surface area (Å²) in [5, 5.41) is 15.3. The van der Waals surface area contributed by atoms with Crippen LogP contribution in [0.15, 0.2) is 18.2 Å². The number of nitrogens with zero attached hydrogens (tertiary/aromatic N) is 4. The lowest BCUT2D eigenvalue weighted by Crippen LogP contribution is -2.00. The molecule has 0 aliphatic carbocycles. The summed E-state index contributed by atoms with van der Waals surface area (Å²) in [6.45, 7) is 1.69. The fraction of sp³-hybridized carbons (Fsp3) is 0.111. The summed E-state index contributed by atoms with van der Waals surface area (Å²) in [4.78, 5) is 0. The molecule has 15 heavy (non-hydrogen) atoms. The van der Waals surface area contributed by atoms with Crippen molar-refractivity contribution in [2.75, 3.05) is 0 Å². The summed E-state index contributed by atoms with van der Waals surface area (Å²) in [7, 11) is 0. The van der Waals surface area contributed by atoms with Gasteiger partial charge in [0, 0.05) is 5.56 Å². The van der Waals surface area contributed by atoms with E-state index in [1.165, 1.54) is 6.07 Å². The zero-order valence-corrected chi connectivity index (χ0v) is 9.93. The highest BCUT2D eigenvalue weighted by atomic mass is 127. The van der Waals surface area contributed by atoms with E-state index in [9.17, 15) is 4.39 Å². The van der Waals surface area contributed by atoms with Crippen molar-refractivity contribution in [3.05, 3.63) is 33.4 Å². The van der Waals surface area contributed by atoms with Gasteiger partial charge in [-0.05, 0) is 41.6 Å². The summed E-state index contributed by atoms with van der Waals surface area (Å²) in [6.07, 6.45) is 0. The predicted octanol–water partition coefficient (Wildman–Crippen LogP) is 1.99. The van der Waals surface area contributed by atoms with E-state index >= 15 is 0 Å². The highest BCUT2D eigenvalue weighted by Crippen LogP contribution is 2.23. The van der Waals surface area contributed by atoms with Gasteiger partial charge in [-0.25, -0.2) is 4.39 Å². The van der Waals surface area contributed by atoms with Crippen molar-refractivity contribution < 1.29 is 4.39 Å². The van der Waals surface area contributed by atoms with Crippen molar-refractivity contribution in [2.24, 2.45) is 0 Å². The molecule has 1 heterocycles. The lowest BCUT2D eigenvalue weighted by atomic mass is 10.2.